The van der Waals surface area contributed by atoms with Gasteiger partial charge in [0.1, 0.15) is 11.3 Å². The van der Waals surface area contributed by atoms with Gasteiger partial charge in [-0.15, -0.1) is 11.8 Å². The largest absolute Gasteiger partial charge is 0.494 e. The van der Waals surface area contributed by atoms with E-state index < -0.39 is 6.04 Å². The molecule has 1 aromatic heterocycles. The molecule has 0 aliphatic carbocycles. The second kappa shape index (κ2) is 8.61. The van der Waals surface area contributed by atoms with Crippen molar-refractivity contribution < 1.29 is 13.9 Å². The monoisotopic (exact) mass is 477 g/mol. The second-order valence-corrected chi connectivity index (χ2v) is 8.91. The normalized spacial score (nSPS) is 15.2. The van der Waals surface area contributed by atoms with Crippen LogP contribution >= 0.6 is 23.4 Å². The Morgan fingerprint density at radius 1 is 1.03 bits per heavy atom. The van der Waals surface area contributed by atoms with Gasteiger partial charge in [-0.1, -0.05) is 23.7 Å². The van der Waals surface area contributed by atoms with Crippen molar-refractivity contribution >= 4 is 45.9 Å². The maximum Gasteiger partial charge on any atom is 0.295 e. The molecule has 1 aliphatic heterocycles. The van der Waals surface area contributed by atoms with E-state index in [0.29, 0.717) is 39.6 Å². The molecule has 1 atom stereocenters. The molecule has 0 saturated heterocycles. The molecule has 0 bridgehead atoms. The predicted molar refractivity (Wildman–Crippen MR) is 132 cm³/mol. The van der Waals surface area contributed by atoms with Gasteiger partial charge in [-0.3, -0.25) is 14.5 Å². The van der Waals surface area contributed by atoms with Crippen molar-refractivity contribution in [3.63, 3.8) is 0 Å². The SMILES string of the molecule is CCOc1ccc(N2C(=O)c3oc4ccc(Cl)cc4c(=O)c3C2c2ccc(SC)cc2)cc1. The van der Waals surface area contributed by atoms with E-state index in [9.17, 15) is 9.59 Å². The Kier molecular flexibility index (Phi) is 5.64. The first-order chi connectivity index (χ1) is 16.0. The fourth-order valence-electron chi connectivity index (χ4n) is 4.18. The van der Waals surface area contributed by atoms with E-state index in [2.05, 4.69) is 0 Å². The van der Waals surface area contributed by atoms with E-state index in [-0.39, 0.29) is 17.1 Å². The summed E-state index contributed by atoms with van der Waals surface area (Å²) >= 11 is 7.78. The number of anilines is 1. The minimum atomic E-state index is -0.624. The van der Waals surface area contributed by atoms with Crippen molar-refractivity contribution in [3.05, 3.63) is 98.9 Å². The number of carbonyl (C=O) groups excluding carboxylic acids is 1. The summed E-state index contributed by atoms with van der Waals surface area (Å²) in [5, 5.41) is 0.789. The summed E-state index contributed by atoms with van der Waals surface area (Å²) in [4.78, 5) is 29.9. The maximum absolute atomic E-state index is 13.6. The van der Waals surface area contributed by atoms with Crippen molar-refractivity contribution in [1.82, 2.24) is 0 Å². The first-order valence-corrected chi connectivity index (χ1v) is 12.1. The third-order valence-corrected chi connectivity index (χ3v) is 6.67. The quantitative estimate of drug-likeness (QED) is 0.315. The Morgan fingerprint density at radius 3 is 2.42 bits per heavy atom. The molecule has 0 radical (unpaired) electrons. The lowest BCUT2D eigenvalue weighted by atomic mass is 9.98. The lowest BCUT2D eigenvalue weighted by Crippen LogP contribution is -2.29. The van der Waals surface area contributed by atoms with Crippen molar-refractivity contribution in [2.45, 2.75) is 17.9 Å². The lowest BCUT2D eigenvalue weighted by Gasteiger charge is -2.25. The summed E-state index contributed by atoms with van der Waals surface area (Å²) < 4.78 is 11.5. The number of fused-ring (bicyclic) bond motifs is 2. The molecule has 1 aliphatic rings. The lowest BCUT2D eigenvalue weighted by molar-refractivity contribution is 0.0971. The van der Waals surface area contributed by atoms with Crippen LogP contribution in [0.1, 0.15) is 34.6 Å². The molecule has 0 N–H and O–H groups in total. The molecular weight excluding hydrogens is 458 g/mol. The number of thioether (sulfide) groups is 1. The van der Waals surface area contributed by atoms with Gasteiger partial charge >= 0.3 is 0 Å². The molecule has 0 fully saturated rings. The first-order valence-electron chi connectivity index (χ1n) is 10.5. The molecule has 4 aromatic rings. The van der Waals surface area contributed by atoms with Crippen molar-refractivity contribution in [2.75, 3.05) is 17.8 Å². The number of carbonyl (C=O) groups is 1. The van der Waals surface area contributed by atoms with Gasteiger partial charge in [-0.05, 0) is 73.3 Å². The fraction of sp³-hybridized carbons (Fsp3) is 0.154. The van der Waals surface area contributed by atoms with Crippen LogP contribution in [-0.2, 0) is 0 Å². The second-order valence-electron chi connectivity index (χ2n) is 7.59. The van der Waals surface area contributed by atoms with E-state index in [0.717, 1.165) is 10.5 Å². The Hall–Kier alpha value is -3.22. The molecule has 0 saturated carbocycles. The van der Waals surface area contributed by atoms with Crippen molar-refractivity contribution in [3.8, 4) is 5.75 Å². The molecule has 3 aromatic carbocycles. The van der Waals surface area contributed by atoms with E-state index in [1.165, 1.54) is 0 Å². The molecule has 33 heavy (non-hydrogen) atoms. The number of amides is 1. The number of nitrogens with zero attached hydrogens (tertiary/aromatic N) is 1. The third-order valence-electron chi connectivity index (χ3n) is 5.69. The van der Waals surface area contributed by atoms with E-state index in [1.54, 1.807) is 34.9 Å². The van der Waals surface area contributed by atoms with E-state index in [4.69, 9.17) is 20.8 Å². The number of ether oxygens (including phenoxy) is 1. The molecule has 2 heterocycles. The van der Waals surface area contributed by atoms with Gasteiger partial charge < -0.3 is 9.15 Å². The average Bonchev–Trinajstić information content (AvgIpc) is 3.13. The Balaban J connectivity index is 1.73. The van der Waals surface area contributed by atoms with Crippen LogP contribution in [-0.4, -0.2) is 18.8 Å². The van der Waals surface area contributed by atoms with Gasteiger partial charge in [0.2, 0.25) is 5.76 Å². The van der Waals surface area contributed by atoms with Gasteiger partial charge in [0.15, 0.2) is 5.43 Å². The number of halogens is 1. The highest BCUT2D eigenvalue weighted by Crippen LogP contribution is 2.42. The highest BCUT2D eigenvalue weighted by molar-refractivity contribution is 7.98. The van der Waals surface area contributed by atoms with Crippen LogP contribution in [0.5, 0.6) is 5.75 Å². The third kappa shape index (κ3) is 3.69. The molecule has 0 spiro atoms. The van der Waals surface area contributed by atoms with Crippen LogP contribution < -0.4 is 15.1 Å². The Bertz CT molecular complexity index is 1410. The smallest absolute Gasteiger partial charge is 0.295 e. The highest BCUT2D eigenvalue weighted by atomic mass is 35.5. The zero-order chi connectivity index (χ0) is 23.1. The minimum absolute atomic E-state index is 0.0580. The number of rotatable bonds is 5. The fourth-order valence-corrected chi connectivity index (χ4v) is 4.76. The topological polar surface area (TPSA) is 59.8 Å². The van der Waals surface area contributed by atoms with E-state index >= 15 is 0 Å². The predicted octanol–water partition coefficient (Wildman–Crippen LogP) is 6.32. The first kappa shape index (κ1) is 21.6. The summed E-state index contributed by atoms with van der Waals surface area (Å²) in [6, 6.07) is 19.3. The maximum atomic E-state index is 13.6. The molecular formula is C26H20ClNO4S. The molecule has 5 rings (SSSR count). The standard InChI is InChI=1S/C26H20ClNO4S/c1-3-31-18-9-7-17(8-10-18)28-23(15-4-11-19(33-2)12-5-15)22-24(29)20-14-16(27)6-13-21(20)32-25(22)26(28)30/h4-14,23H,3H2,1-2H3. The number of hydrogen-bond acceptors (Lipinski definition) is 5. The van der Waals surface area contributed by atoms with Crippen molar-refractivity contribution in [2.24, 2.45) is 0 Å². The Labute approximate surface area is 199 Å². The zero-order valence-electron chi connectivity index (χ0n) is 18.0. The van der Waals surface area contributed by atoms with Gasteiger partial charge in [0.05, 0.1) is 23.6 Å². The van der Waals surface area contributed by atoms with Crippen LogP contribution in [0, 0.1) is 0 Å². The number of benzene rings is 3. The highest BCUT2D eigenvalue weighted by Gasteiger charge is 2.43. The Morgan fingerprint density at radius 2 is 1.76 bits per heavy atom. The summed E-state index contributed by atoms with van der Waals surface area (Å²) in [6.45, 7) is 2.46. The average molecular weight is 478 g/mol. The minimum Gasteiger partial charge on any atom is -0.494 e. The van der Waals surface area contributed by atoms with Gasteiger partial charge in [0, 0.05) is 15.6 Å². The zero-order valence-corrected chi connectivity index (χ0v) is 19.6. The van der Waals surface area contributed by atoms with Gasteiger partial charge in [-0.25, -0.2) is 0 Å². The van der Waals surface area contributed by atoms with Crippen molar-refractivity contribution in [1.29, 1.82) is 0 Å². The summed E-state index contributed by atoms with van der Waals surface area (Å²) in [5.41, 5.74) is 1.87. The number of hydrogen-bond donors (Lipinski definition) is 0. The van der Waals surface area contributed by atoms with Crippen LogP contribution in [0.15, 0.2) is 80.8 Å². The van der Waals surface area contributed by atoms with Crippen LogP contribution in [0.4, 0.5) is 5.69 Å². The van der Waals surface area contributed by atoms with Gasteiger partial charge in [0.25, 0.3) is 5.91 Å². The van der Waals surface area contributed by atoms with Crippen LogP contribution in [0.2, 0.25) is 5.02 Å². The molecule has 1 amide bonds. The summed E-state index contributed by atoms with van der Waals surface area (Å²) in [6.07, 6.45) is 2.00. The van der Waals surface area contributed by atoms with Crippen LogP contribution in [0.25, 0.3) is 11.0 Å². The summed E-state index contributed by atoms with van der Waals surface area (Å²) in [7, 11) is 0. The van der Waals surface area contributed by atoms with E-state index in [1.807, 2.05) is 61.7 Å². The molecule has 1 unspecified atom stereocenters. The van der Waals surface area contributed by atoms with Crippen LogP contribution in [0.3, 0.4) is 0 Å². The summed E-state index contributed by atoms with van der Waals surface area (Å²) in [5.74, 6) is 0.408. The molecule has 166 valence electrons. The molecule has 7 heteroatoms. The van der Waals surface area contributed by atoms with Gasteiger partial charge in [-0.2, -0.15) is 0 Å². The molecule has 5 nitrogen and oxygen atoms in total.